The molecule has 54 heavy (non-hydrogen) atoms. The van der Waals surface area contributed by atoms with Crippen molar-refractivity contribution in [2.24, 2.45) is 23.7 Å². The summed E-state index contributed by atoms with van der Waals surface area (Å²) in [4.78, 5) is 71.3. The standard InChI is InChI=1S/C40H64N5O8P/c1-10-25(4)35(44(7)40(49)34(24(2)3)42-39(48)36-28-18-19-29(22-28)43(36)6)31(52-8)23-33(46)45-20-14-17-30(45)37(53-9)26(5)38(47)41-32(54(50)51)21-27-15-12-11-13-16-27/h11-13,15-16,24-26,28-32,34-37H,10,14,17-23H2,1-9H3,(H2-,41,42,47,48,50,51)/p+1/t25-,26+,28-,29+,30?,31+,32+,34?,35-,36-,37+/m0/s1. The molecule has 1 aliphatic carbocycles. The molecule has 12 atom stereocenters. The van der Waals surface area contributed by atoms with E-state index in [9.17, 15) is 28.6 Å². The molecule has 2 saturated heterocycles. The fourth-order valence-electron chi connectivity index (χ4n) is 9.20. The molecule has 1 saturated carbocycles. The summed E-state index contributed by atoms with van der Waals surface area (Å²) in [6.07, 6.45) is 4.16. The number of piperidine rings is 1. The Morgan fingerprint density at radius 1 is 1.02 bits per heavy atom. The second-order valence-electron chi connectivity index (χ2n) is 16.2. The van der Waals surface area contributed by atoms with Gasteiger partial charge in [-0.25, -0.2) is 0 Å². The van der Waals surface area contributed by atoms with E-state index in [0.29, 0.717) is 24.9 Å². The Bertz CT molecular complexity index is 1450. The van der Waals surface area contributed by atoms with Gasteiger partial charge in [-0.15, -0.1) is 0 Å². The van der Waals surface area contributed by atoms with Gasteiger partial charge in [0, 0.05) is 40.3 Å². The summed E-state index contributed by atoms with van der Waals surface area (Å²) >= 11 is 0. The molecule has 0 aromatic heterocycles. The van der Waals surface area contributed by atoms with E-state index >= 15 is 0 Å². The molecule has 0 spiro atoms. The average molecular weight is 775 g/mol. The van der Waals surface area contributed by atoms with Gasteiger partial charge in [-0.1, -0.05) is 71.4 Å². The van der Waals surface area contributed by atoms with Crippen molar-refractivity contribution in [3.05, 3.63) is 35.9 Å². The number of hydrogen-bond donors (Lipinski definition) is 3. The van der Waals surface area contributed by atoms with Crippen molar-refractivity contribution >= 4 is 31.7 Å². The van der Waals surface area contributed by atoms with E-state index in [1.54, 1.807) is 30.9 Å². The minimum Gasteiger partial charge on any atom is -0.379 e. The molecule has 302 valence electrons. The normalized spacial score (nSPS) is 25.4. The van der Waals surface area contributed by atoms with Crippen LogP contribution in [0.1, 0.15) is 85.1 Å². The summed E-state index contributed by atoms with van der Waals surface area (Å²) in [5.74, 6) is -2.47. The van der Waals surface area contributed by atoms with Crippen LogP contribution in [0.3, 0.4) is 0 Å². The predicted molar refractivity (Wildman–Crippen MR) is 207 cm³/mol. The van der Waals surface area contributed by atoms with Crippen LogP contribution in [-0.4, -0.2) is 126 Å². The maximum Gasteiger partial charge on any atom is 0.531 e. The largest absolute Gasteiger partial charge is 0.531 e. The fraction of sp³-hybridized carbons (Fsp3) is 0.750. The maximum absolute atomic E-state index is 14.3. The Morgan fingerprint density at radius 3 is 2.26 bits per heavy atom. The van der Waals surface area contributed by atoms with E-state index in [2.05, 4.69) is 15.5 Å². The first-order valence-corrected chi connectivity index (χ1v) is 21.1. The first kappa shape index (κ1) is 43.8. The van der Waals surface area contributed by atoms with Crippen LogP contribution in [0.25, 0.3) is 0 Å². The van der Waals surface area contributed by atoms with Gasteiger partial charge in [0.2, 0.25) is 23.6 Å². The number of likely N-dealkylation sites (N-methyl/N-ethyl adjacent to an activating group) is 2. The highest BCUT2D eigenvalue weighted by Crippen LogP contribution is 2.41. The monoisotopic (exact) mass is 774 g/mol. The van der Waals surface area contributed by atoms with Gasteiger partial charge in [0.1, 0.15) is 6.04 Å². The van der Waals surface area contributed by atoms with Crippen LogP contribution in [0, 0.1) is 23.7 Å². The summed E-state index contributed by atoms with van der Waals surface area (Å²) in [5, 5.41) is 5.87. The van der Waals surface area contributed by atoms with E-state index in [4.69, 9.17) is 9.47 Å². The summed E-state index contributed by atoms with van der Waals surface area (Å²) < 4.78 is 24.2. The van der Waals surface area contributed by atoms with Crippen LogP contribution in [0.5, 0.6) is 0 Å². The molecule has 3 unspecified atom stereocenters. The second-order valence-corrected chi connectivity index (χ2v) is 17.4. The van der Waals surface area contributed by atoms with Crippen molar-refractivity contribution in [1.82, 2.24) is 25.3 Å². The molecule has 1 aromatic rings. The van der Waals surface area contributed by atoms with E-state index in [1.165, 1.54) is 7.11 Å². The number of nitrogens with one attached hydrogen (secondary N) is 2. The zero-order valence-corrected chi connectivity index (χ0v) is 34.7. The minimum atomic E-state index is -2.70. The first-order chi connectivity index (χ1) is 25.6. The van der Waals surface area contributed by atoms with Crippen molar-refractivity contribution in [2.45, 2.75) is 134 Å². The minimum absolute atomic E-state index is 0.00934. The molecule has 3 aliphatic rings. The molecule has 3 N–H and O–H groups in total. The van der Waals surface area contributed by atoms with Gasteiger partial charge >= 0.3 is 8.03 Å². The molecule has 3 fully saturated rings. The Labute approximate surface area is 323 Å². The van der Waals surface area contributed by atoms with E-state index in [-0.39, 0.29) is 48.4 Å². The van der Waals surface area contributed by atoms with Crippen LogP contribution in [0.15, 0.2) is 30.3 Å². The number of hydrogen-bond acceptors (Lipinski definition) is 8. The lowest BCUT2D eigenvalue weighted by molar-refractivity contribution is -0.148. The van der Waals surface area contributed by atoms with Crippen molar-refractivity contribution in [3.63, 3.8) is 0 Å². The predicted octanol–water partition coefficient (Wildman–Crippen LogP) is 3.95. The topological polar surface area (TPSA) is 158 Å². The number of carbonyl (C=O) groups excluding carboxylic acids is 4. The molecule has 1 aromatic carbocycles. The van der Waals surface area contributed by atoms with Crippen molar-refractivity contribution in [1.29, 1.82) is 0 Å². The summed E-state index contributed by atoms with van der Waals surface area (Å²) in [6.45, 7) is 10.2. The van der Waals surface area contributed by atoms with Crippen LogP contribution in [0.2, 0.25) is 0 Å². The number of ether oxygens (including phenoxy) is 2. The number of benzene rings is 1. The number of methoxy groups -OCH3 is 2. The van der Waals surface area contributed by atoms with Gasteiger partial charge in [-0.05, 0) is 67.0 Å². The smallest absolute Gasteiger partial charge is 0.379 e. The fourth-order valence-corrected chi connectivity index (χ4v) is 9.81. The molecule has 14 heteroatoms. The van der Waals surface area contributed by atoms with Crippen LogP contribution in [-0.2, 0) is 39.6 Å². The quantitative estimate of drug-likeness (QED) is 0.177. The molecule has 0 radical (unpaired) electrons. The third kappa shape index (κ3) is 10.1. The molecular formula is C40H65N5O8P+. The number of fused-ring (bicyclic) bond motifs is 2. The lowest BCUT2D eigenvalue weighted by atomic mass is 9.89. The molecule has 2 bridgehead atoms. The SMILES string of the molecule is CC[C@H](C)[C@@H]([C@@H](CC(=O)N1CCCC1[C@H](OC)[C@@H](C)C(=O)N[C@@H](Cc1ccccc1)[P+](=O)O)OC)N(C)C(=O)C(NC(=O)[C@@H]1[C@H]2CC[C@H](C2)N1C)C(C)C. The van der Waals surface area contributed by atoms with Gasteiger partial charge in [0.05, 0.1) is 42.7 Å². The Balaban J connectivity index is 1.46. The van der Waals surface area contributed by atoms with Gasteiger partial charge in [-0.3, -0.25) is 24.1 Å². The van der Waals surface area contributed by atoms with Crippen LogP contribution in [0.4, 0.5) is 0 Å². The Hall–Kier alpha value is -2.96. The summed E-state index contributed by atoms with van der Waals surface area (Å²) in [6, 6.07) is 7.82. The third-order valence-corrected chi connectivity index (χ3v) is 13.4. The van der Waals surface area contributed by atoms with Gasteiger partial charge < -0.3 is 29.9 Å². The number of rotatable bonds is 19. The van der Waals surface area contributed by atoms with Gasteiger partial charge in [0.25, 0.3) is 5.78 Å². The lowest BCUT2D eigenvalue weighted by Gasteiger charge is -2.41. The highest BCUT2D eigenvalue weighted by molar-refractivity contribution is 7.38. The van der Waals surface area contributed by atoms with Crippen molar-refractivity contribution in [3.8, 4) is 0 Å². The number of likely N-dealkylation sites (tertiary alicyclic amines) is 2. The molecule has 2 heterocycles. The lowest BCUT2D eigenvalue weighted by Crippen LogP contribution is -2.60. The van der Waals surface area contributed by atoms with Gasteiger partial charge in [0.15, 0.2) is 0 Å². The van der Waals surface area contributed by atoms with E-state index in [0.717, 1.165) is 37.7 Å². The maximum atomic E-state index is 14.3. The number of amides is 4. The molecular weight excluding hydrogens is 709 g/mol. The molecule has 13 nitrogen and oxygen atoms in total. The Kier molecular flexibility index (Phi) is 16.0. The molecule has 4 rings (SSSR count). The zero-order chi connectivity index (χ0) is 39.9. The summed E-state index contributed by atoms with van der Waals surface area (Å²) in [7, 11) is 4.11. The van der Waals surface area contributed by atoms with Crippen molar-refractivity contribution in [2.75, 3.05) is 34.9 Å². The summed E-state index contributed by atoms with van der Waals surface area (Å²) in [5.41, 5.74) is 0.826. The van der Waals surface area contributed by atoms with Gasteiger partial charge in [-0.2, -0.15) is 4.89 Å². The van der Waals surface area contributed by atoms with E-state index < -0.39 is 56.0 Å². The highest BCUT2D eigenvalue weighted by atomic mass is 31.1. The second kappa shape index (κ2) is 19.8. The van der Waals surface area contributed by atoms with Crippen LogP contribution < -0.4 is 10.6 Å². The first-order valence-electron chi connectivity index (χ1n) is 19.8. The molecule has 2 aliphatic heterocycles. The van der Waals surface area contributed by atoms with Crippen LogP contribution >= 0.6 is 8.03 Å². The number of carbonyl (C=O) groups is 4. The van der Waals surface area contributed by atoms with Crippen molar-refractivity contribution < 1.29 is 38.1 Å². The Morgan fingerprint density at radius 2 is 1.70 bits per heavy atom. The highest BCUT2D eigenvalue weighted by Gasteiger charge is 2.49. The zero-order valence-electron chi connectivity index (χ0n) is 33.8. The average Bonchev–Trinajstić information content (AvgIpc) is 3.90. The number of nitrogens with zero attached hydrogens (tertiary/aromatic N) is 3. The van der Waals surface area contributed by atoms with E-state index in [1.807, 2.05) is 65.1 Å². The molecule has 4 amide bonds. The third-order valence-electron chi connectivity index (χ3n) is 12.5.